The SMILES string of the molecule is CC1=CCC(C)C(C)C1N(c1ccc(C2=C3OC(=O)C(c4ccc(N(c5ccccc5C)c5ccccc5C)cc4)=C3OC2=O)cc1)c1ccccc1C. The number of carbonyl (C=O) groups excluding carboxylic acids is 2. The third-order valence-corrected chi connectivity index (χ3v) is 11.3. The summed E-state index contributed by atoms with van der Waals surface area (Å²) in [6.45, 7) is 13.2. The van der Waals surface area contributed by atoms with Crippen LogP contribution < -0.4 is 9.80 Å². The number of hydrogen-bond donors (Lipinski definition) is 0. The Labute approximate surface area is 317 Å². The van der Waals surface area contributed by atoms with Gasteiger partial charge in [0.05, 0.1) is 6.04 Å². The van der Waals surface area contributed by atoms with Crippen LogP contribution in [0.25, 0.3) is 11.1 Å². The van der Waals surface area contributed by atoms with Gasteiger partial charge in [0.1, 0.15) is 11.1 Å². The van der Waals surface area contributed by atoms with E-state index in [1.165, 1.54) is 11.1 Å². The van der Waals surface area contributed by atoms with E-state index >= 15 is 0 Å². The standard InChI is InChI=1S/C48H44N2O4/c1-29-19-20-33(5)44(34(29)6)50(41-18-12-9-15-32(41)4)38-27-23-36(24-28-38)43-46-45(53-48(43)52)42(47(51)54-46)35-21-25-37(26-22-35)49(39-16-10-7-13-30(39)2)40-17-11-8-14-31(40)3/h7-18,20-29,34,44H,19H2,1-6H3. The lowest BCUT2D eigenvalue weighted by atomic mass is 9.77. The van der Waals surface area contributed by atoms with Crippen LogP contribution in [0.5, 0.6) is 0 Å². The van der Waals surface area contributed by atoms with Crippen molar-refractivity contribution in [2.75, 3.05) is 9.80 Å². The highest BCUT2D eigenvalue weighted by molar-refractivity contribution is 6.29. The number of hydrogen-bond acceptors (Lipinski definition) is 6. The fraction of sp³-hybridized carbons (Fsp3) is 0.208. The van der Waals surface area contributed by atoms with Gasteiger partial charge in [-0.2, -0.15) is 0 Å². The Kier molecular flexibility index (Phi) is 9.06. The summed E-state index contributed by atoms with van der Waals surface area (Å²) in [6.07, 6.45) is 3.44. The van der Waals surface area contributed by atoms with Crippen molar-refractivity contribution in [3.8, 4) is 0 Å². The Morgan fingerprint density at radius 2 is 0.963 bits per heavy atom. The van der Waals surface area contributed by atoms with Gasteiger partial charge >= 0.3 is 11.9 Å². The molecule has 6 nitrogen and oxygen atoms in total. The quantitative estimate of drug-likeness (QED) is 0.118. The smallest absolute Gasteiger partial charge is 0.348 e. The molecule has 3 atom stereocenters. The van der Waals surface area contributed by atoms with Crippen molar-refractivity contribution in [2.24, 2.45) is 11.8 Å². The molecule has 0 radical (unpaired) electrons. The van der Waals surface area contributed by atoms with E-state index in [-0.39, 0.29) is 28.7 Å². The number of benzene rings is 5. The topological polar surface area (TPSA) is 59.1 Å². The van der Waals surface area contributed by atoms with Crippen LogP contribution in [0.15, 0.2) is 144 Å². The zero-order chi connectivity index (χ0) is 37.7. The lowest BCUT2D eigenvalue weighted by molar-refractivity contribution is -0.131. The first-order valence-electron chi connectivity index (χ1n) is 18.7. The molecular weight excluding hydrogens is 669 g/mol. The molecule has 6 heteroatoms. The van der Waals surface area contributed by atoms with Gasteiger partial charge in [0.2, 0.25) is 0 Å². The van der Waals surface area contributed by atoms with Crippen molar-refractivity contribution in [3.63, 3.8) is 0 Å². The summed E-state index contributed by atoms with van der Waals surface area (Å²) in [7, 11) is 0. The van der Waals surface area contributed by atoms with E-state index in [1.54, 1.807) is 0 Å². The normalized spacial score (nSPS) is 19.4. The molecule has 1 aliphatic carbocycles. The van der Waals surface area contributed by atoms with Gasteiger partial charge in [-0.1, -0.05) is 104 Å². The molecule has 270 valence electrons. The summed E-state index contributed by atoms with van der Waals surface area (Å²) in [5.74, 6) is 0.218. The van der Waals surface area contributed by atoms with Gasteiger partial charge in [0, 0.05) is 28.4 Å². The summed E-state index contributed by atoms with van der Waals surface area (Å²) < 4.78 is 11.7. The maximum absolute atomic E-state index is 13.5. The number of carbonyl (C=O) groups is 2. The van der Waals surface area contributed by atoms with E-state index < -0.39 is 11.9 Å². The summed E-state index contributed by atoms with van der Waals surface area (Å²) >= 11 is 0. The minimum Gasteiger partial charge on any atom is -0.418 e. The van der Waals surface area contributed by atoms with E-state index in [1.807, 2.05) is 60.7 Å². The van der Waals surface area contributed by atoms with Crippen LogP contribution in [-0.4, -0.2) is 18.0 Å². The van der Waals surface area contributed by atoms with Crippen molar-refractivity contribution >= 4 is 51.5 Å². The molecule has 0 amide bonds. The third kappa shape index (κ3) is 6.02. The number of aryl methyl sites for hydroxylation is 3. The average molecular weight is 713 g/mol. The van der Waals surface area contributed by atoms with Crippen LogP contribution in [0.2, 0.25) is 0 Å². The molecule has 2 heterocycles. The van der Waals surface area contributed by atoms with Crippen molar-refractivity contribution in [3.05, 3.63) is 172 Å². The lowest BCUT2D eigenvalue weighted by Gasteiger charge is -2.43. The predicted molar refractivity (Wildman–Crippen MR) is 217 cm³/mol. The Morgan fingerprint density at radius 1 is 0.537 bits per heavy atom. The highest BCUT2D eigenvalue weighted by atomic mass is 16.6. The fourth-order valence-corrected chi connectivity index (χ4v) is 8.15. The van der Waals surface area contributed by atoms with Gasteiger partial charge in [-0.05, 0) is 116 Å². The first kappa shape index (κ1) is 34.9. The molecule has 5 aromatic carbocycles. The molecule has 0 saturated heterocycles. The Hall–Kier alpha value is -6.14. The summed E-state index contributed by atoms with van der Waals surface area (Å²) in [4.78, 5) is 31.7. The van der Waals surface area contributed by atoms with Gasteiger partial charge in [0.25, 0.3) is 0 Å². The number of esters is 2. The maximum atomic E-state index is 13.5. The van der Waals surface area contributed by atoms with Gasteiger partial charge in [-0.3, -0.25) is 0 Å². The Balaban J connectivity index is 1.15. The monoisotopic (exact) mass is 712 g/mol. The summed E-state index contributed by atoms with van der Waals surface area (Å²) in [6, 6.07) is 40.9. The van der Waals surface area contributed by atoms with Crippen LogP contribution in [0.4, 0.5) is 28.4 Å². The highest BCUT2D eigenvalue weighted by Crippen LogP contribution is 2.46. The third-order valence-electron chi connectivity index (χ3n) is 11.3. The fourth-order valence-electron chi connectivity index (χ4n) is 8.15. The first-order chi connectivity index (χ1) is 26.1. The number of nitrogens with zero attached hydrogens (tertiary/aromatic N) is 2. The zero-order valence-corrected chi connectivity index (χ0v) is 31.6. The number of rotatable bonds is 8. The van der Waals surface area contributed by atoms with E-state index in [2.05, 4.69) is 118 Å². The molecule has 3 aliphatic rings. The van der Waals surface area contributed by atoms with Crippen molar-refractivity contribution < 1.29 is 19.1 Å². The number of allylic oxidation sites excluding steroid dienone is 1. The molecular formula is C48H44N2O4. The summed E-state index contributed by atoms with van der Waals surface area (Å²) in [5.41, 5.74) is 11.8. The van der Waals surface area contributed by atoms with E-state index in [0.29, 0.717) is 23.0 Å². The van der Waals surface area contributed by atoms with Crippen LogP contribution in [0, 0.1) is 32.6 Å². The molecule has 5 aromatic rings. The number of ether oxygens (including phenoxy) is 2. The number of anilines is 5. The first-order valence-corrected chi connectivity index (χ1v) is 18.7. The molecule has 3 unspecified atom stereocenters. The van der Waals surface area contributed by atoms with Crippen molar-refractivity contribution in [1.29, 1.82) is 0 Å². The van der Waals surface area contributed by atoms with E-state index in [9.17, 15) is 9.59 Å². The van der Waals surface area contributed by atoms with Gasteiger partial charge < -0.3 is 19.3 Å². The number of fused-ring (bicyclic) bond motifs is 1. The molecule has 2 aliphatic heterocycles. The Bertz CT molecular complexity index is 2340. The van der Waals surface area contributed by atoms with Crippen molar-refractivity contribution in [2.45, 2.75) is 54.0 Å². The molecule has 0 fully saturated rings. The molecule has 0 aromatic heterocycles. The van der Waals surface area contributed by atoms with Crippen LogP contribution in [-0.2, 0) is 19.1 Å². The van der Waals surface area contributed by atoms with Gasteiger partial charge in [-0.15, -0.1) is 0 Å². The lowest BCUT2D eigenvalue weighted by Crippen LogP contribution is -2.42. The molecule has 0 N–H and O–H groups in total. The molecule has 0 bridgehead atoms. The molecule has 54 heavy (non-hydrogen) atoms. The largest absolute Gasteiger partial charge is 0.418 e. The number of para-hydroxylation sites is 3. The van der Waals surface area contributed by atoms with Crippen LogP contribution in [0.3, 0.4) is 0 Å². The van der Waals surface area contributed by atoms with E-state index in [4.69, 9.17) is 9.47 Å². The predicted octanol–water partition coefficient (Wildman–Crippen LogP) is 11.4. The van der Waals surface area contributed by atoms with Crippen molar-refractivity contribution in [1.82, 2.24) is 0 Å². The van der Waals surface area contributed by atoms with E-state index in [0.717, 1.165) is 46.0 Å². The van der Waals surface area contributed by atoms with Gasteiger partial charge in [-0.25, -0.2) is 9.59 Å². The van der Waals surface area contributed by atoms with Gasteiger partial charge in [0.15, 0.2) is 11.5 Å². The minimum atomic E-state index is -0.544. The average Bonchev–Trinajstić information content (AvgIpc) is 3.65. The van der Waals surface area contributed by atoms with Crippen LogP contribution in [0.1, 0.15) is 55.0 Å². The Morgan fingerprint density at radius 3 is 1.43 bits per heavy atom. The molecule has 0 saturated carbocycles. The zero-order valence-electron chi connectivity index (χ0n) is 31.6. The highest BCUT2D eigenvalue weighted by Gasteiger charge is 2.44. The minimum absolute atomic E-state index is 0.166. The molecule has 8 rings (SSSR count). The second-order valence-corrected chi connectivity index (χ2v) is 14.8. The summed E-state index contributed by atoms with van der Waals surface area (Å²) in [5, 5.41) is 0. The molecule has 0 spiro atoms. The maximum Gasteiger partial charge on any atom is 0.348 e. The second-order valence-electron chi connectivity index (χ2n) is 14.8. The van der Waals surface area contributed by atoms with Crippen LogP contribution >= 0.6 is 0 Å². The second kappa shape index (κ2) is 14.0.